The summed E-state index contributed by atoms with van der Waals surface area (Å²) in [6.07, 6.45) is 0. The number of urea groups is 1. The van der Waals surface area contributed by atoms with E-state index in [1.165, 1.54) is 11.8 Å². The first kappa shape index (κ1) is 20.9. The molecule has 27 heavy (non-hydrogen) atoms. The topological polar surface area (TPSA) is 112 Å². The molecule has 1 aromatic carbocycles. The summed E-state index contributed by atoms with van der Waals surface area (Å²) in [4.78, 5) is 23.4. The number of nitrogens with one attached hydrogen (secondary N) is 1. The van der Waals surface area contributed by atoms with Crippen LogP contribution in [-0.4, -0.2) is 45.7 Å². The molecule has 1 aromatic heterocycles. The Hall–Kier alpha value is -2.39. The zero-order chi connectivity index (χ0) is 20.0. The van der Waals surface area contributed by atoms with Crippen LogP contribution >= 0.6 is 11.8 Å². The number of carbonyl (C=O) groups is 2. The minimum absolute atomic E-state index is 0.0376. The van der Waals surface area contributed by atoms with Crippen molar-refractivity contribution < 1.29 is 14.3 Å². The second-order valence-electron chi connectivity index (χ2n) is 6.46. The van der Waals surface area contributed by atoms with E-state index in [4.69, 9.17) is 10.5 Å². The second-order valence-corrected chi connectivity index (χ2v) is 7.56. The molecular weight excluding hydrogens is 366 g/mol. The zero-order valence-electron chi connectivity index (χ0n) is 15.9. The van der Waals surface area contributed by atoms with Crippen LogP contribution in [0.4, 0.5) is 4.79 Å². The fourth-order valence-electron chi connectivity index (χ4n) is 2.56. The molecule has 146 valence electrons. The number of rotatable bonds is 8. The number of aryl methyl sites for hydroxylation is 1. The highest BCUT2D eigenvalue weighted by Crippen LogP contribution is 2.30. The molecule has 0 fully saturated rings. The van der Waals surface area contributed by atoms with E-state index in [1.54, 1.807) is 7.11 Å². The van der Waals surface area contributed by atoms with Gasteiger partial charge in [0.25, 0.3) is 0 Å². The van der Waals surface area contributed by atoms with Gasteiger partial charge < -0.3 is 10.5 Å². The van der Waals surface area contributed by atoms with Crippen molar-refractivity contribution in [2.24, 2.45) is 11.7 Å². The molecule has 8 nitrogen and oxygen atoms in total. The highest BCUT2D eigenvalue weighted by Gasteiger charge is 2.27. The molecule has 0 bridgehead atoms. The molecule has 0 saturated heterocycles. The number of ether oxygens (including phenoxy) is 1. The Balaban J connectivity index is 2.37. The van der Waals surface area contributed by atoms with E-state index in [9.17, 15) is 9.59 Å². The summed E-state index contributed by atoms with van der Waals surface area (Å²) in [5, 5.41) is 10.8. The highest BCUT2D eigenvalue weighted by atomic mass is 32.2. The second kappa shape index (κ2) is 9.52. The van der Waals surface area contributed by atoms with Crippen LogP contribution in [0.5, 0.6) is 0 Å². The number of methoxy groups -OCH3 is 1. The van der Waals surface area contributed by atoms with E-state index in [0.717, 1.165) is 11.1 Å². The summed E-state index contributed by atoms with van der Waals surface area (Å²) in [7, 11) is 1.63. The summed E-state index contributed by atoms with van der Waals surface area (Å²) in [6.45, 7) is 6.82. The molecule has 0 unspecified atom stereocenters. The molecule has 9 heteroatoms. The van der Waals surface area contributed by atoms with E-state index < -0.39 is 17.2 Å². The number of primary amides is 1. The normalized spacial score (nSPS) is 12.2. The number of nitrogens with zero attached hydrogens (tertiary/aromatic N) is 3. The van der Waals surface area contributed by atoms with Crippen LogP contribution in [0.15, 0.2) is 29.4 Å². The molecule has 3 N–H and O–H groups in total. The minimum atomic E-state index is -0.868. The fourth-order valence-corrected chi connectivity index (χ4v) is 3.61. The number of aromatic nitrogens is 3. The van der Waals surface area contributed by atoms with Gasteiger partial charge in [0.05, 0.1) is 18.4 Å². The third-order valence-corrected chi connectivity index (χ3v) is 5.38. The first-order valence-electron chi connectivity index (χ1n) is 8.59. The maximum atomic E-state index is 12.3. The Morgan fingerprint density at radius 3 is 2.67 bits per heavy atom. The summed E-state index contributed by atoms with van der Waals surface area (Å²) in [5.41, 5.74) is 7.14. The van der Waals surface area contributed by atoms with E-state index in [1.807, 2.05) is 49.6 Å². The molecule has 0 radical (unpaired) electrons. The molecular formula is C18H25N5O3S. The van der Waals surface area contributed by atoms with Gasteiger partial charge in [0, 0.05) is 12.7 Å². The summed E-state index contributed by atoms with van der Waals surface area (Å²) in [6, 6.07) is 7.10. The average molecular weight is 391 g/mol. The van der Waals surface area contributed by atoms with Gasteiger partial charge >= 0.3 is 6.03 Å². The van der Waals surface area contributed by atoms with Gasteiger partial charge in [-0.05, 0) is 18.9 Å². The standard InChI is InChI=1S/C18H25N5O3S/c1-11(2)14(16(24)20-17(19)25)27-18-22-21-15(23(18)8-9-26-4)13-7-5-6-12(3)10-13/h5-7,10-11,14H,8-9H2,1-4H3,(H3,19,20,24,25)/t14-/m1/s1. The van der Waals surface area contributed by atoms with E-state index in [2.05, 4.69) is 15.5 Å². The maximum Gasteiger partial charge on any atom is 0.318 e. The Morgan fingerprint density at radius 2 is 2.07 bits per heavy atom. The van der Waals surface area contributed by atoms with Crippen molar-refractivity contribution in [1.29, 1.82) is 0 Å². The quantitative estimate of drug-likeness (QED) is 0.667. The van der Waals surface area contributed by atoms with Gasteiger partial charge in [0.1, 0.15) is 0 Å². The lowest BCUT2D eigenvalue weighted by Crippen LogP contribution is -2.42. The molecule has 2 rings (SSSR count). The largest absolute Gasteiger partial charge is 0.383 e. The van der Waals surface area contributed by atoms with Gasteiger partial charge in [-0.1, -0.05) is 49.4 Å². The van der Waals surface area contributed by atoms with Gasteiger partial charge in [-0.25, -0.2) is 4.79 Å². The third kappa shape index (κ3) is 5.54. The van der Waals surface area contributed by atoms with Crippen LogP contribution in [0.1, 0.15) is 19.4 Å². The minimum Gasteiger partial charge on any atom is -0.383 e. The molecule has 0 saturated carbocycles. The fraction of sp³-hybridized carbons (Fsp3) is 0.444. The number of imide groups is 1. The molecule has 0 aliphatic heterocycles. The molecule has 3 amide bonds. The Labute approximate surface area is 162 Å². The van der Waals surface area contributed by atoms with Crippen molar-refractivity contribution in [3.05, 3.63) is 29.8 Å². The SMILES string of the molecule is COCCn1c(S[C@@H](C(=O)NC(N)=O)C(C)C)nnc1-c1cccc(C)c1. The van der Waals surface area contributed by atoms with Gasteiger partial charge in [-0.15, -0.1) is 10.2 Å². The summed E-state index contributed by atoms with van der Waals surface area (Å²) < 4.78 is 7.14. The Kier molecular flexibility index (Phi) is 7.37. The number of hydrogen-bond donors (Lipinski definition) is 2. The van der Waals surface area contributed by atoms with Gasteiger partial charge in [-0.3, -0.25) is 14.7 Å². The molecule has 0 spiro atoms. The third-order valence-electron chi connectivity index (χ3n) is 3.85. The number of thioether (sulfide) groups is 1. The number of amides is 3. The van der Waals surface area contributed by atoms with E-state index >= 15 is 0 Å². The monoisotopic (exact) mass is 391 g/mol. The van der Waals surface area contributed by atoms with Gasteiger partial charge in [0.15, 0.2) is 11.0 Å². The lowest BCUT2D eigenvalue weighted by atomic mass is 10.1. The lowest BCUT2D eigenvalue weighted by molar-refractivity contribution is -0.120. The molecule has 0 aliphatic rings. The molecule has 1 atom stereocenters. The van der Waals surface area contributed by atoms with Crippen molar-refractivity contribution >= 4 is 23.7 Å². The van der Waals surface area contributed by atoms with Crippen LogP contribution in [0.25, 0.3) is 11.4 Å². The smallest absolute Gasteiger partial charge is 0.318 e. The Bertz CT molecular complexity index is 806. The number of hydrogen-bond acceptors (Lipinski definition) is 6. The van der Waals surface area contributed by atoms with Gasteiger partial charge in [0.2, 0.25) is 5.91 Å². The zero-order valence-corrected chi connectivity index (χ0v) is 16.7. The lowest BCUT2D eigenvalue weighted by Gasteiger charge is -2.19. The van der Waals surface area contributed by atoms with Crippen molar-refractivity contribution in [3.63, 3.8) is 0 Å². The highest BCUT2D eigenvalue weighted by molar-refractivity contribution is 8.00. The van der Waals surface area contributed by atoms with E-state index in [-0.39, 0.29) is 5.92 Å². The van der Waals surface area contributed by atoms with Crippen molar-refractivity contribution in [2.45, 2.75) is 37.7 Å². The van der Waals surface area contributed by atoms with Crippen LogP contribution in [0.3, 0.4) is 0 Å². The van der Waals surface area contributed by atoms with E-state index in [0.29, 0.717) is 24.1 Å². The predicted octanol–water partition coefficient (Wildman–Crippen LogP) is 2.21. The number of nitrogens with two attached hydrogens (primary N) is 1. The van der Waals surface area contributed by atoms with Crippen molar-refractivity contribution in [1.82, 2.24) is 20.1 Å². The molecule has 0 aliphatic carbocycles. The number of carbonyl (C=O) groups excluding carboxylic acids is 2. The molecule has 2 aromatic rings. The maximum absolute atomic E-state index is 12.3. The molecule has 1 heterocycles. The van der Waals surface area contributed by atoms with Crippen LogP contribution < -0.4 is 11.1 Å². The number of benzene rings is 1. The first-order valence-corrected chi connectivity index (χ1v) is 9.47. The Morgan fingerprint density at radius 1 is 1.33 bits per heavy atom. The van der Waals surface area contributed by atoms with Crippen molar-refractivity contribution in [2.75, 3.05) is 13.7 Å². The van der Waals surface area contributed by atoms with Crippen molar-refractivity contribution in [3.8, 4) is 11.4 Å². The van der Waals surface area contributed by atoms with Gasteiger partial charge in [-0.2, -0.15) is 0 Å². The predicted molar refractivity (Wildman–Crippen MR) is 104 cm³/mol. The van der Waals surface area contributed by atoms with Crippen LogP contribution in [-0.2, 0) is 16.1 Å². The summed E-state index contributed by atoms with van der Waals surface area (Å²) in [5.74, 6) is 0.223. The average Bonchev–Trinajstić information content (AvgIpc) is 2.99. The van der Waals surface area contributed by atoms with Crippen LogP contribution in [0, 0.1) is 12.8 Å². The summed E-state index contributed by atoms with van der Waals surface area (Å²) >= 11 is 1.26. The van der Waals surface area contributed by atoms with Crippen LogP contribution in [0.2, 0.25) is 0 Å². The first-order chi connectivity index (χ1) is 12.8.